The molecule has 10 heteroatoms. The molecular formula is C26H29N5O5. The number of rotatable bonds is 9. The van der Waals surface area contributed by atoms with Crippen LogP contribution in [0.5, 0.6) is 11.5 Å². The quantitative estimate of drug-likeness (QED) is 0.429. The van der Waals surface area contributed by atoms with Gasteiger partial charge in [-0.3, -0.25) is 4.57 Å². The maximum Gasteiger partial charge on any atom is 0.354 e. The van der Waals surface area contributed by atoms with Crippen molar-refractivity contribution in [2.75, 3.05) is 5.32 Å². The van der Waals surface area contributed by atoms with E-state index in [1.807, 2.05) is 6.08 Å². The van der Waals surface area contributed by atoms with Crippen LogP contribution in [-0.2, 0) is 13.1 Å². The molecule has 0 radical (unpaired) electrons. The maximum atomic E-state index is 13.1. The molecule has 0 bridgehead atoms. The molecule has 3 aromatic rings. The van der Waals surface area contributed by atoms with Gasteiger partial charge in [-0.15, -0.1) is 6.58 Å². The van der Waals surface area contributed by atoms with E-state index in [1.54, 1.807) is 35.8 Å². The Balaban J connectivity index is 1.52. The van der Waals surface area contributed by atoms with Crippen molar-refractivity contribution in [1.82, 2.24) is 19.1 Å². The van der Waals surface area contributed by atoms with Crippen LogP contribution in [0.15, 0.2) is 64.8 Å². The zero-order chi connectivity index (χ0) is 25.7. The molecule has 1 aromatic carbocycles. The number of anilines is 2. The van der Waals surface area contributed by atoms with Gasteiger partial charge in [0.25, 0.3) is 0 Å². The minimum atomic E-state index is -1.11. The molecule has 0 amide bonds. The van der Waals surface area contributed by atoms with Crippen LogP contribution in [0.1, 0.15) is 43.1 Å². The van der Waals surface area contributed by atoms with E-state index in [2.05, 4.69) is 21.9 Å². The highest BCUT2D eigenvalue weighted by molar-refractivity contribution is 5.85. The fraction of sp³-hybridized carbons (Fsp3) is 0.346. The highest BCUT2D eigenvalue weighted by Gasteiger charge is 2.22. The van der Waals surface area contributed by atoms with Crippen molar-refractivity contribution >= 4 is 17.6 Å². The molecule has 1 aliphatic carbocycles. The smallest absolute Gasteiger partial charge is 0.354 e. The van der Waals surface area contributed by atoms with Gasteiger partial charge in [-0.2, -0.15) is 4.98 Å². The zero-order valence-electron chi connectivity index (χ0n) is 20.1. The number of hydrogen-bond donors (Lipinski definition) is 2. The predicted octanol–water partition coefficient (Wildman–Crippen LogP) is 4.05. The minimum Gasteiger partial charge on any atom is -0.477 e. The number of ether oxygens (including phenoxy) is 1. The molecule has 0 saturated heterocycles. The fourth-order valence-corrected chi connectivity index (χ4v) is 4.36. The third kappa shape index (κ3) is 5.70. The zero-order valence-corrected chi connectivity index (χ0v) is 20.1. The Labute approximate surface area is 207 Å². The van der Waals surface area contributed by atoms with Crippen LogP contribution in [0.2, 0.25) is 0 Å². The van der Waals surface area contributed by atoms with E-state index in [-0.39, 0.29) is 23.9 Å². The standard InChI is InChI=1S/C26H29N5O5/c1-3-17-5-7-18(8-6-17)16-31-24(29-25(34)30(4-2)26(31)35)28-19-9-11-20(12-10-19)36-21-13-14-22(23(32)33)27-15-21/h3,9-15,17-18H,1,4-8,16H2,2H3,(H,32,33)(H,28,29,34). The van der Waals surface area contributed by atoms with E-state index in [1.165, 1.54) is 18.3 Å². The Bertz CT molecular complexity index is 1340. The number of hydrogen-bond acceptors (Lipinski definition) is 7. The van der Waals surface area contributed by atoms with Crippen LogP contribution in [-0.4, -0.2) is 30.2 Å². The molecule has 2 aromatic heterocycles. The second-order valence-corrected chi connectivity index (χ2v) is 8.81. The van der Waals surface area contributed by atoms with Crippen molar-refractivity contribution in [3.63, 3.8) is 0 Å². The van der Waals surface area contributed by atoms with Gasteiger partial charge in [0.05, 0.1) is 6.20 Å². The molecule has 1 fully saturated rings. The number of aromatic carboxylic acids is 1. The number of carboxylic acid groups (broad SMARTS) is 1. The van der Waals surface area contributed by atoms with E-state index >= 15 is 0 Å². The van der Waals surface area contributed by atoms with Gasteiger partial charge in [-0.1, -0.05) is 6.08 Å². The number of nitrogens with zero attached hydrogens (tertiary/aromatic N) is 4. The highest BCUT2D eigenvalue weighted by Crippen LogP contribution is 2.31. The van der Waals surface area contributed by atoms with Crippen molar-refractivity contribution in [2.24, 2.45) is 11.8 Å². The fourth-order valence-electron chi connectivity index (χ4n) is 4.36. The van der Waals surface area contributed by atoms with Crippen LogP contribution in [0.25, 0.3) is 0 Å². The van der Waals surface area contributed by atoms with E-state index in [9.17, 15) is 14.4 Å². The van der Waals surface area contributed by atoms with E-state index in [0.717, 1.165) is 30.3 Å². The van der Waals surface area contributed by atoms with Gasteiger partial charge < -0.3 is 15.2 Å². The largest absolute Gasteiger partial charge is 0.477 e. The lowest BCUT2D eigenvalue weighted by Gasteiger charge is -2.27. The van der Waals surface area contributed by atoms with Gasteiger partial charge in [0.15, 0.2) is 0 Å². The van der Waals surface area contributed by atoms with Crippen molar-refractivity contribution in [3.05, 3.63) is 81.9 Å². The molecule has 2 heterocycles. The summed E-state index contributed by atoms with van der Waals surface area (Å²) in [4.78, 5) is 44.5. The van der Waals surface area contributed by atoms with Crippen LogP contribution in [0.4, 0.5) is 11.6 Å². The summed E-state index contributed by atoms with van der Waals surface area (Å²) < 4.78 is 8.41. The van der Waals surface area contributed by atoms with Gasteiger partial charge in [-0.25, -0.2) is 23.9 Å². The number of carboxylic acids is 1. The molecule has 4 rings (SSSR count). The van der Waals surface area contributed by atoms with E-state index in [4.69, 9.17) is 9.84 Å². The van der Waals surface area contributed by atoms with Crippen molar-refractivity contribution in [2.45, 2.75) is 45.7 Å². The Morgan fingerprint density at radius 3 is 2.39 bits per heavy atom. The molecule has 188 valence electrons. The number of allylic oxidation sites excluding steroid dienone is 1. The summed E-state index contributed by atoms with van der Waals surface area (Å²) in [6.07, 6.45) is 7.40. The monoisotopic (exact) mass is 491 g/mol. The molecule has 1 aliphatic rings. The first-order chi connectivity index (χ1) is 17.4. The molecule has 0 unspecified atom stereocenters. The van der Waals surface area contributed by atoms with Crippen molar-refractivity contribution in [3.8, 4) is 11.5 Å². The molecule has 0 atom stereocenters. The lowest BCUT2D eigenvalue weighted by atomic mass is 9.82. The number of carbonyl (C=O) groups is 1. The lowest BCUT2D eigenvalue weighted by Crippen LogP contribution is -2.43. The third-order valence-electron chi connectivity index (χ3n) is 6.43. The summed E-state index contributed by atoms with van der Waals surface area (Å²) in [7, 11) is 0. The molecule has 36 heavy (non-hydrogen) atoms. The lowest BCUT2D eigenvalue weighted by molar-refractivity contribution is 0.0690. The summed E-state index contributed by atoms with van der Waals surface area (Å²) >= 11 is 0. The molecule has 0 aliphatic heterocycles. The molecule has 1 saturated carbocycles. The second kappa shape index (κ2) is 11.0. The molecule has 0 spiro atoms. The normalized spacial score (nSPS) is 17.4. The van der Waals surface area contributed by atoms with Crippen LogP contribution in [0, 0.1) is 11.8 Å². The SMILES string of the molecule is C=CC1CCC(Cn2c(Nc3ccc(Oc4ccc(C(=O)O)nc4)cc3)nc(=O)n(CC)c2=O)CC1. The first kappa shape index (κ1) is 24.9. The first-order valence-corrected chi connectivity index (χ1v) is 12.0. The van der Waals surface area contributed by atoms with E-state index < -0.39 is 11.7 Å². The van der Waals surface area contributed by atoms with Gasteiger partial charge in [-0.05, 0) is 80.8 Å². The summed E-state index contributed by atoms with van der Waals surface area (Å²) in [6.45, 7) is 6.38. The van der Waals surface area contributed by atoms with Crippen LogP contribution < -0.4 is 21.4 Å². The average Bonchev–Trinajstić information content (AvgIpc) is 2.88. The number of aromatic nitrogens is 4. The average molecular weight is 492 g/mol. The Morgan fingerprint density at radius 1 is 1.11 bits per heavy atom. The van der Waals surface area contributed by atoms with Crippen LogP contribution >= 0.6 is 0 Å². The van der Waals surface area contributed by atoms with E-state index in [0.29, 0.717) is 35.6 Å². The number of benzene rings is 1. The summed E-state index contributed by atoms with van der Waals surface area (Å²) in [6, 6.07) is 9.79. The predicted molar refractivity (Wildman–Crippen MR) is 135 cm³/mol. The maximum absolute atomic E-state index is 13.1. The van der Waals surface area contributed by atoms with Gasteiger partial charge >= 0.3 is 17.3 Å². The summed E-state index contributed by atoms with van der Waals surface area (Å²) in [5.74, 6) is 0.843. The van der Waals surface area contributed by atoms with Crippen molar-refractivity contribution in [1.29, 1.82) is 0 Å². The summed E-state index contributed by atoms with van der Waals surface area (Å²) in [5.41, 5.74) is -0.400. The van der Waals surface area contributed by atoms with Crippen LogP contribution in [0.3, 0.4) is 0 Å². The topological polar surface area (TPSA) is 128 Å². The Hall–Kier alpha value is -4.21. The van der Waals surface area contributed by atoms with Gasteiger partial charge in [0.1, 0.15) is 17.2 Å². The van der Waals surface area contributed by atoms with Crippen molar-refractivity contribution < 1.29 is 14.6 Å². The molecular weight excluding hydrogens is 462 g/mol. The number of nitrogens with one attached hydrogen (secondary N) is 1. The summed E-state index contributed by atoms with van der Waals surface area (Å²) in [5, 5.41) is 12.1. The minimum absolute atomic E-state index is 0.0702. The highest BCUT2D eigenvalue weighted by atomic mass is 16.5. The van der Waals surface area contributed by atoms with Gasteiger partial charge in [0, 0.05) is 18.8 Å². The molecule has 10 nitrogen and oxygen atoms in total. The Kier molecular flexibility index (Phi) is 7.62. The third-order valence-corrected chi connectivity index (χ3v) is 6.43. The Morgan fingerprint density at radius 2 is 1.81 bits per heavy atom. The second-order valence-electron chi connectivity index (χ2n) is 8.81. The number of pyridine rings is 1. The van der Waals surface area contributed by atoms with Gasteiger partial charge in [0.2, 0.25) is 5.95 Å². The first-order valence-electron chi connectivity index (χ1n) is 12.0. The molecule has 2 N–H and O–H groups in total.